The van der Waals surface area contributed by atoms with Crippen LogP contribution in [0.1, 0.15) is 12.0 Å². The molecular formula is C19H20N2O4. The van der Waals surface area contributed by atoms with Crippen LogP contribution in [0.15, 0.2) is 42.5 Å². The third-order valence-electron chi connectivity index (χ3n) is 4.14. The summed E-state index contributed by atoms with van der Waals surface area (Å²) in [7, 11) is 3.31. The number of aryl methyl sites for hydroxylation is 1. The first-order valence-corrected chi connectivity index (χ1v) is 8.03. The Bertz CT molecular complexity index is 804. The molecule has 6 nitrogen and oxygen atoms in total. The molecule has 1 heterocycles. The molecule has 0 radical (unpaired) electrons. The fraction of sp³-hybridized carbons (Fsp3) is 0.263. The molecule has 0 atom stereocenters. The van der Waals surface area contributed by atoms with E-state index in [-0.39, 0.29) is 18.4 Å². The highest BCUT2D eigenvalue weighted by atomic mass is 16.5. The van der Waals surface area contributed by atoms with Crippen LogP contribution in [0.5, 0.6) is 11.5 Å². The maximum absolute atomic E-state index is 12.2. The van der Waals surface area contributed by atoms with Crippen LogP contribution in [0, 0.1) is 0 Å². The van der Waals surface area contributed by atoms with Gasteiger partial charge in [-0.25, -0.2) is 0 Å². The number of nitrogens with one attached hydrogen (secondary N) is 1. The second-order valence-electron chi connectivity index (χ2n) is 5.78. The van der Waals surface area contributed by atoms with Crippen molar-refractivity contribution >= 4 is 23.2 Å². The molecule has 0 spiro atoms. The number of likely N-dealkylation sites (N-methyl/N-ethyl adjacent to an activating group) is 1. The molecule has 0 saturated carbocycles. The number of anilines is 2. The van der Waals surface area contributed by atoms with Crippen LogP contribution in [-0.2, 0) is 16.0 Å². The van der Waals surface area contributed by atoms with Crippen molar-refractivity contribution in [2.24, 2.45) is 0 Å². The summed E-state index contributed by atoms with van der Waals surface area (Å²) in [5.74, 6) is 1.19. The summed E-state index contributed by atoms with van der Waals surface area (Å²) < 4.78 is 10.7. The van der Waals surface area contributed by atoms with Gasteiger partial charge >= 0.3 is 0 Å². The number of nitrogens with zero attached hydrogens (tertiary/aromatic N) is 1. The van der Waals surface area contributed by atoms with Crippen molar-refractivity contribution in [3.8, 4) is 11.5 Å². The van der Waals surface area contributed by atoms with Gasteiger partial charge in [-0.1, -0.05) is 18.2 Å². The molecule has 2 aromatic rings. The molecule has 2 aromatic carbocycles. The second-order valence-corrected chi connectivity index (χ2v) is 5.78. The zero-order valence-electron chi connectivity index (χ0n) is 14.2. The quantitative estimate of drug-likeness (QED) is 0.908. The third-order valence-corrected chi connectivity index (χ3v) is 4.14. The first kappa shape index (κ1) is 16.8. The molecule has 3 rings (SSSR count). The molecule has 0 aliphatic carbocycles. The average Bonchev–Trinajstić information content (AvgIpc) is 2.63. The minimum atomic E-state index is -0.118. The van der Waals surface area contributed by atoms with Gasteiger partial charge in [0.15, 0.2) is 6.61 Å². The largest absolute Gasteiger partial charge is 0.496 e. The number of fused-ring (bicyclic) bond motifs is 1. The lowest BCUT2D eigenvalue weighted by atomic mass is 10.1. The summed E-state index contributed by atoms with van der Waals surface area (Å²) in [6.07, 6.45) is 0.922. The Balaban J connectivity index is 1.64. The number of methoxy groups -OCH3 is 1. The zero-order chi connectivity index (χ0) is 17.8. The molecule has 0 bridgehead atoms. The Kier molecular flexibility index (Phi) is 4.88. The summed E-state index contributed by atoms with van der Waals surface area (Å²) >= 11 is 0. The molecule has 0 saturated heterocycles. The van der Waals surface area contributed by atoms with Crippen LogP contribution < -0.4 is 19.7 Å². The molecule has 0 fully saturated rings. The summed E-state index contributed by atoms with van der Waals surface area (Å²) in [4.78, 5) is 25.5. The SMILES string of the molecule is COc1ccccc1CCC(=O)Nc1ccc2c(c1)N(C)C(=O)CO2. The van der Waals surface area contributed by atoms with Crippen LogP contribution >= 0.6 is 0 Å². The maximum Gasteiger partial charge on any atom is 0.264 e. The fourth-order valence-electron chi connectivity index (χ4n) is 2.73. The first-order valence-electron chi connectivity index (χ1n) is 8.03. The van der Waals surface area contributed by atoms with Gasteiger partial charge in [0, 0.05) is 19.2 Å². The summed E-state index contributed by atoms with van der Waals surface area (Å²) in [6, 6.07) is 12.9. The van der Waals surface area contributed by atoms with E-state index in [1.807, 2.05) is 24.3 Å². The van der Waals surface area contributed by atoms with Crippen molar-refractivity contribution in [1.82, 2.24) is 0 Å². The van der Waals surface area contributed by atoms with Crippen LogP contribution in [0.3, 0.4) is 0 Å². The highest BCUT2D eigenvalue weighted by Crippen LogP contribution is 2.33. The van der Waals surface area contributed by atoms with Crippen molar-refractivity contribution in [2.45, 2.75) is 12.8 Å². The van der Waals surface area contributed by atoms with Gasteiger partial charge < -0.3 is 19.7 Å². The van der Waals surface area contributed by atoms with E-state index in [9.17, 15) is 9.59 Å². The van der Waals surface area contributed by atoms with Gasteiger partial charge in [-0.2, -0.15) is 0 Å². The molecule has 2 amide bonds. The van der Waals surface area contributed by atoms with Crippen molar-refractivity contribution in [2.75, 3.05) is 31.0 Å². The van der Waals surface area contributed by atoms with Gasteiger partial charge in [0.05, 0.1) is 12.8 Å². The number of rotatable bonds is 5. The minimum absolute atomic E-state index is 0.0358. The number of carbonyl (C=O) groups excluding carboxylic acids is 2. The van der Waals surface area contributed by atoms with E-state index in [0.29, 0.717) is 30.0 Å². The molecule has 1 N–H and O–H groups in total. The summed E-state index contributed by atoms with van der Waals surface area (Å²) in [5.41, 5.74) is 2.28. The van der Waals surface area contributed by atoms with E-state index in [4.69, 9.17) is 9.47 Å². The topological polar surface area (TPSA) is 67.9 Å². The molecular weight excluding hydrogens is 320 g/mol. The molecule has 1 aliphatic rings. The number of hydrogen-bond acceptors (Lipinski definition) is 4. The molecule has 6 heteroatoms. The van der Waals surface area contributed by atoms with Crippen LogP contribution in [0.25, 0.3) is 0 Å². The number of ether oxygens (including phenoxy) is 2. The lowest BCUT2D eigenvalue weighted by Crippen LogP contribution is -2.35. The van der Waals surface area contributed by atoms with Gasteiger partial charge in [-0.3, -0.25) is 9.59 Å². The smallest absolute Gasteiger partial charge is 0.264 e. The first-order chi connectivity index (χ1) is 12.1. The Morgan fingerprint density at radius 3 is 2.88 bits per heavy atom. The van der Waals surface area contributed by atoms with Crippen LogP contribution in [0.2, 0.25) is 0 Å². The van der Waals surface area contributed by atoms with Crippen LogP contribution in [0.4, 0.5) is 11.4 Å². The Labute approximate surface area is 146 Å². The molecule has 1 aliphatic heterocycles. The lowest BCUT2D eigenvalue weighted by molar-refractivity contribution is -0.121. The van der Waals surface area contributed by atoms with Crippen LogP contribution in [-0.4, -0.2) is 32.6 Å². The second kappa shape index (κ2) is 7.25. The van der Waals surface area contributed by atoms with E-state index in [1.54, 1.807) is 32.4 Å². The average molecular weight is 340 g/mol. The van der Waals surface area contributed by atoms with Gasteiger partial charge in [0.2, 0.25) is 5.91 Å². The summed E-state index contributed by atoms with van der Waals surface area (Å²) in [5, 5.41) is 2.86. The van der Waals surface area contributed by atoms with E-state index < -0.39 is 0 Å². The van der Waals surface area contributed by atoms with Gasteiger partial charge in [-0.15, -0.1) is 0 Å². The minimum Gasteiger partial charge on any atom is -0.496 e. The Morgan fingerprint density at radius 2 is 2.08 bits per heavy atom. The molecule has 130 valence electrons. The highest BCUT2D eigenvalue weighted by molar-refractivity contribution is 5.99. The number of benzene rings is 2. The van der Waals surface area contributed by atoms with Gasteiger partial charge in [0.1, 0.15) is 11.5 Å². The zero-order valence-corrected chi connectivity index (χ0v) is 14.2. The lowest BCUT2D eigenvalue weighted by Gasteiger charge is -2.26. The highest BCUT2D eigenvalue weighted by Gasteiger charge is 2.22. The van der Waals surface area contributed by atoms with E-state index in [1.165, 1.54) is 4.90 Å². The molecule has 0 unspecified atom stereocenters. The van der Waals surface area contributed by atoms with Crippen molar-refractivity contribution in [3.05, 3.63) is 48.0 Å². The monoisotopic (exact) mass is 340 g/mol. The predicted molar refractivity (Wildman–Crippen MR) is 95.3 cm³/mol. The van der Waals surface area contributed by atoms with Gasteiger partial charge in [-0.05, 0) is 36.2 Å². The predicted octanol–water partition coefficient (Wildman–Crippen LogP) is 2.62. The maximum atomic E-state index is 12.2. The Morgan fingerprint density at radius 1 is 1.28 bits per heavy atom. The number of para-hydroxylation sites is 1. The van der Waals surface area contributed by atoms with E-state index in [0.717, 1.165) is 11.3 Å². The number of hydrogen-bond donors (Lipinski definition) is 1. The summed E-state index contributed by atoms with van der Waals surface area (Å²) in [6.45, 7) is 0.0358. The molecule has 0 aromatic heterocycles. The molecule has 25 heavy (non-hydrogen) atoms. The van der Waals surface area contributed by atoms with Crippen molar-refractivity contribution in [3.63, 3.8) is 0 Å². The van der Waals surface area contributed by atoms with Crippen molar-refractivity contribution < 1.29 is 19.1 Å². The van der Waals surface area contributed by atoms with E-state index >= 15 is 0 Å². The number of carbonyl (C=O) groups is 2. The third kappa shape index (κ3) is 3.74. The standard InChI is InChI=1S/C19H20N2O4/c1-21-15-11-14(8-9-17(15)25-12-19(21)23)20-18(22)10-7-13-5-3-4-6-16(13)24-2/h3-6,8-9,11H,7,10,12H2,1-2H3,(H,20,22). The normalized spacial score (nSPS) is 13.0. The van der Waals surface area contributed by atoms with E-state index in [2.05, 4.69) is 5.32 Å². The van der Waals surface area contributed by atoms with Crippen molar-refractivity contribution in [1.29, 1.82) is 0 Å². The fourth-order valence-corrected chi connectivity index (χ4v) is 2.73. The van der Waals surface area contributed by atoms with Gasteiger partial charge in [0.25, 0.3) is 5.91 Å². The number of amides is 2. The Hall–Kier alpha value is -3.02.